The number of benzene rings is 7. The SMILES string of the molecule is CCc1cccc(CC)c1N(CCCSc1ccccc1)c1ccc2c(-c3ccccc3S(=O)(=O)O)c3ccc(=[N+](CCCSc4ccccc4)c4c(CC)cccc4CC)cc-3oc2c1. The van der Waals surface area contributed by atoms with Crippen molar-refractivity contribution in [3.05, 3.63) is 185 Å². The van der Waals surface area contributed by atoms with Crippen molar-refractivity contribution >= 4 is 61.7 Å². The van der Waals surface area contributed by atoms with Crippen molar-refractivity contribution in [3.8, 4) is 22.5 Å². The molecule has 6 aromatic carbocycles. The number of aryl methyl sites for hydroxylation is 4. The van der Waals surface area contributed by atoms with Gasteiger partial charge in [-0.05, 0) is 97.5 Å². The molecule has 0 aromatic heterocycles. The molecule has 6 nitrogen and oxygen atoms in total. The molecule has 2 aliphatic rings. The molecule has 66 heavy (non-hydrogen) atoms. The molecular formula is C57H59N2O4S3+. The minimum atomic E-state index is -4.58. The zero-order valence-electron chi connectivity index (χ0n) is 38.4. The summed E-state index contributed by atoms with van der Waals surface area (Å²) in [6, 6.07) is 53.7. The van der Waals surface area contributed by atoms with E-state index in [-0.39, 0.29) is 4.90 Å². The maximum Gasteiger partial charge on any atom is 0.295 e. The van der Waals surface area contributed by atoms with Crippen LogP contribution in [0.4, 0.5) is 17.1 Å². The first-order chi connectivity index (χ1) is 32.2. The van der Waals surface area contributed by atoms with Crippen LogP contribution >= 0.6 is 23.5 Å². The van der Waals surface area contributed by atoms with E-state index in [1.807, 2.05) is 29.6 Å². The van der Waals surface area contributed by atoms with E-state index < -0.39 is 10.1 Å². The monoisotopic (exact) mass is 931 g/mol. The standard InChI is InChI=1S/C57H58N2O4S3/c1-5-41-21-17-22-42(6-2)56(41)58(35-19-37-64-47-25-11-9-12-26-47)45-31-33-49-52(39-45)63-53-40-46(32-34-50(53)55(49)51-29-15-16-30-54(51)66(60,61)62)59(36-20-38-65-48-27-13-10-14-28-48)57-43(7-3)23-18-24-44(57)8-4/h9-18,21-34,39-40H,5-8,19-20,35-38H2,1-4H3/p+1. The summed E-state index contributed by atoms with van der Waals surface area (Å²) in [6.07, 6.45) is 5.46. The predicted molar refractivity (Wildman–Crippen MR) is 279 cm³/mol. The molecule has 0 fully saturated rings. The van der Waals surface area contributed by atoms with Crippen LogP contribution in [0.2, 0.25) is 0 Å². The average molecular weight is 932 g/mol. The van der Waals surface area contributed by atoms with Crippen LogP contribution in [0.25, 0.3) is 33.4 Å². The second kappa shape index (κ2) is 21.8. The van der Waals surface area contributed by atoms with Gasteiger partial charge in [0, 0.05) is 85.2 Å². The van der Waals surface area contributed by atoms with Crippen LogP contribution in [0.1, 0.15) is 62.8 Å². The summed E-state index contributed by atoms with van der Waals surface area (Å²) in [6.45, 7) is 10.4. The second-order valence-corrected chi connectivity index (χ2v) is 20.1. The van der Waals surface area contributed by atoms with E-state index in [9.17, 15) is 13.0 Å². The van der Waals surface area contributed by atoms with Crippen LogP contribution in [0.3, 0.4) is 0 Å². The smallest absolute Gasteiger partial charge is 0.295 e. The largest absolute Gasteiger partial charge is 0.456 e. The van der Waals surface area contributed by atoms with Crippen molar-refractivity contribution in [1.29, 1.82) is 0 Å². The highest BCUT2D eigenvalue weighted by Gasteiger charge is 2.27. The van der Waals surface area contributed by atoms with Gasteiger partial charge in [-0.2, -0.15) is 13.0 Å². The molecule has 0 amide bonds. The summed E-state index contributed by atoms with van der Waals surface area (Å²) in [5, 5.41) is 1.76. The minimum Gasteiger partial charge on any atom is -0.456 e. The van der Waals surface area contributed by atoms with Crippen molar-refractivity contribution in [1.82, 2.24) is 4.58 Å². The summed E-state index contributed by atoms with van der Waals surface area (Å²) in [5.74, 6) is 2.54. The normalized spacial score (nSPS) is 12.2. The number of nitrogens with zero attached hydrogens (tertiary/aromatic N) is 2. The Morgan fingerprint density at radius 3 is 1.77 bits per heavy atom. The van der Waals surface area contributed by atoms with E-state index >= 15 is 0 Å². The highest BCUT2D eigenvalue weighted by Crippen LogP contribution is 2.44. The fourth-order valence-corrected chi connectivity index (χ4v) is 11.5. The molecule has 1 heterocycles. The Morgan fingerprint density at radius 2 is 1.17 bits per heavy atom. The topological polar surface area (TPSA) is 73.8 Å². The van der Waals surface area contributed by atoms with Gasteiger partial charge in [-0.1, -0.05) is 119 Å². The van der Waals surface area contributed by atoms with Crippen LogP contribution in [-0.2, 0) is 35.8 Å². The molecule has 0 atom stereocenters. The van der Waals surface area contributed by atoms with Crippen LogP contribution in [0.5, 0.6) is 0 Å². The molecule has 1 N–H and O–H groups in total. The number of para-hydroxylation sites is 2. The van der Waals surface area contributed by atoms with Crippen LogP contribution < -0.4 is 14.8 Å². The maximum absolute atomic E-state index is 13.1. The van der Waals surface area contributed by atoms with E-state index in [0.717, 1.165) is 85.1 Å². The molecule has 6 aromatic rings. The lowest BCUT2D eigenvalue weighted by atomic mass is 9.93. The van der Waals surface area contributed by atoms with Crippen LogP contribution in [0, 0.1) is 0 Å². The summed E-state index contributed by atoms with van der Waals surface area (Å²) >= 11 is 3.74. The number of hydrogen-bond donors (Lipinski definition) is 1. The van der Waals surface area contributed by atoms with Gasteiger partial charge in [-0.15, -0.1) is 23.5 Å². The maximum atomic E-state index is 13.1. The summed E-state index contributed by atoms with van der Waals surface area (Å²) < 4.78 is 46.4. The van der Waals surface area contributed by atoms with Gasteiger partial charge < -0.3 is 9.32 Å². The first-order valence-electron chi connectivity index (χ1n) is 23.2. The van der Waals surface area contributed by atoms with Gasteiger partial charge in [0.1, 0.15) is 22.8 Å². The van der Waals surface area contributed by atoms with Gasteiger partial charge >= 0.3 is 0 Å². The zero-order chi connectivity index (χ0) is 46.0. The third kappa shape index (κ3) is 10.5. The van der Waals surface area contributed by atoms with Crippen molar-refractivity contribution in [2.75, 3.05) is 29.5 Å². The molecule has 0 bridgehead atoms. The van der Waals surface area contributed by atoms with Gasteiger partial charge in [0.2, 0.25) is 11.0 Å². The fraction of sp³-hybridized carbons (Fsp3) is 0.246. The summed E-state index contributed by atoms with van der Waals surface area (Å²) in [4.78, 5) is 4.83. The number of fused-ring (bicyclic) bond motifs is 2. The lowest BCUT2D eigenvalue weighted by Gasteiger charge is -2.30. The molecule has 0 unspecified atom stereocenters. The highest BCUT2D eigenvalue weighted by molar-refractivity contribution is 7.99. The van der Waals surface area contributed by atoms with Gasteiger partial charge in [0.15, 0.2) is 0 Å². The molecule has 0 spiro atoms. The van der Waals surface area contributed by atoms with Crippen molar-refractivity contribution in [3.63, 3.8) is 0 Å². The minimum absolute atomic E-state index is 0.143. The Kier molecular flexibility index (Phi) is 15.5. The van der Waals surface area contributed by atoms with Gasteiger partial charge in [0.05, 0.1) is 6.07 Å². The zero-order valence-corrected chi connectivity index (χ0v) is 40.8. The van der Waals surface area contributed by atoms with Crippen LogP contribution in [0.15, 0.2) is 177 Å². The molecule has 0 saturated carbocycles. The fourth-order valence-electron chi connectivity index (χ4n) is 9.11. The average Bonchev–Trinajstić information content (AvgIpc) is 3.35. The third-order valence-corrected chi connectivity index (χ3v) is 15.4. The van der Waals surface area contributed by atoms with E-state index in [2.05, 4.69) is 171 Å². The Balaban J connectivity index is 1.34. The quantitative estimate of drug-likeness (QED) is 0.0285. The Labute approximate surface area is 399 Å². The molecule has 9 heteroatoms. The number of anilines is 2. The molecule has 8 rings (SSSR count). The molecule has 1 aliphatic heterocycles. The third-order valence-electron chi connectivity index (χ3n) is 12.3. The lowest BCUT2D eigenvalue weighted by Crippen LogP contribution is -2.29. The van der Waals surface area contributed by atoms with E-state index in [1.165, 1.54) is 49.5 Å². The van der Waals surface area contributed by atoms with Crippen molar-refractivity contribution in [2.24, 2.45) is 0 Å². The number of thioether (sulfide) groups is 2. The van der Waals surface area contributed by atoms with E-state index in [0.29, 0.717) is 22.5 Å². The van der Waals surface area contributed by atoms with E-state index in [4.69, 9.17) is 4.42 Å². The first-order valence-corrected chi connectivity index (χ1v) is 26.7. The van der Waals surface area contributed by atoms with Gasteiger partial charge in [-0.3, -0.25) is 4.55 Å². The molecule has 0 saturated heterocycles. The summed E-state index contributed by atoms with van der Waals surface area (Å²) in [5.41, 5.74) is 11.1. The van der Waals surface area contributed by atoms with Crippen LogP contribution in [-0.4, -0.2) is 37.6 Å². The lowest BCUT2D eigenvalue weighted by molar-refractivity contribution is 0.483. The summed E-state index contributed by atoms with van der Waals surface area (Å²) in [7, 11) is -4.58. The van der Waals surface area contributed by atoms with Gasteiger partial charge in [-0.25, -0.2) is 0 Å². The Morgan fingerprint density at radius 1 is 0.591 bits per heavy atom. The Bertz CT molecular complexity index is 3030. The molecular weight excluding hydrogens is 873 g/mol. The predicted octanol–water partition coefficient (Wildman–Crippen LogP) is 14.3. The Hall–Kier alpha value is -5.58. The van der Waals surface area contributed by atoms with Gasteiger partial charge in [0.25, 0.3) is 10.1 Å². The molecule has 338 valence electrons. The second-order valence-electron chi connectivity index (χ2n) is 16.4. The van der Waals surface area contributed by atoms with Crippen molar-refractivity contribution in [2.45, 2.75) is 80.9 Å². The molecule has 0 radical (unpaired) electrons. The number of rotatable bonds is 19. The first kappa shape index (κ1) is 46.9. The van der Waals surface area contributed by atoms with Crippen molar-refractivity contribution < 1.29 is 17.4 Å². The number of hydrogen-bond acceptors (Lipinski definition) is 6. The van der Waals surface area contributed by atoms with E-state index in [1.54, 1.807) is 12.1 Å². The molecule has 1 aliphatic carbocycles. The highest BCUT2D eigenvalue weighted by atomic mass is 32.2.